The third kappa shape index (κ3) is 3.99. The van der Waals surface area contributed by atoms with Crippen LogP contribution < -0.4 is 5.32 Å². The number of carbonyl (C=O) groups excluding carboxylic acids is 1. The molecule has 0 heterocycles. The maximum atomic E-state index is 11.0. The zero-order valence-corrected chi connectivity index (χ0v) is 8.69. The number of amides is 1. The van der Waals surface area contributed by atoms with Crippen molar-refractivity contribution < 1.29 is 14.6 Å². The van der Waals surface area contributed by atoms with Crippen LogP contribution in [0.3, 0.4) is 0 Å². The second kappa shape index (κ2) is 6.03. The molecule has 1 amide bonds. The molecule has 15 heavy (non-hydrogen) atoms. The molecule has 0 spiro atoms. The number of rotatable bonds is 4. The first kappa shape index (κ1) is 11.5. The van der Waals surface area contributed by atoms with Gasteiger partial charge in [-0.25, -0.2) is 4.79 Å². The minimum absolute atomic E-state index is 0.0274. The van der Waals surface area contributed by atoms with E-state index < -0.39 is 6.09 Å². The van der Waals surface area contributed by atoms with Crippen LogP contribution in [-0.2, 0) is 11.3 Å². The van der Waals surface area contributed by atoms with Gasteiger partial charge in [-0.05, 0) is 18.1 Å². The fourth-order valence-electron chi connectivity index (χ4n) is 1.17. The normalized spacial score (nSPS) is 9.73. The first-order valence-corrected chi connectivity index (χ1v) is 4.80. The molecular weight excluding hydrogens is 194 g/mol. The Morgan fingerprint density at radius 2 is 2.20 bits per heavy atom. The molecule has 0 aliphatic rings. The van der Waals surface area contributed by atoms with Crippen LogP contribution >= 0.6 is 0 Å². The van der Waals surface area contributed by atoms with Crippen LogP contribution in [0.1, 0.15) is 11.1 Å². The van der Waals surface area contributed by atoms with Gasteiger partial charge in [0.2, 0.25) is 0 Å². The quantitative estimate of drug-likeness (QED) is 0.783. The maximum absolute atomic E-state index is 11.0. The first-order valence-electron chi connectivity index (χ1n) is 4.80. The van der Waals surface area contributed by atoms with E-state index in [1.54, 1.807) is 0 Å². The molecule has 0 bridgehead atoms. The number of nitrogens with one attached hydrogen (secondary N) is 1. The van der Waals surface area contributed by atoms with Crippen molar-refractivity contribution in [3.63, 3.8) is 0 Å². The summed E-state index contributed by atoms with van der Waals surface area (Å²) in [6.45, 7) is 2.30. The minimum atomic E-state index is -0.507. The van der Waals surface area contributed by atoms with E-state index in [4.69, 9.17) is 5.11 Å². The molecule has 1 aromatic rings. The topological polar surface area (TPSA) is 58.6 Å². The summed E-state index contributed by atoms with van der Waals surface area (Å²) in [5.41, 5.74) is 2.18. The molecule has 0 aliphatic heterocycles. The highest BCUT2D eigenvalue weighted by atomic mass is 16.6. The molecule has 4 nitrogen and oxygen atoms in total. The molecule has 0 fully saturated rings. The standard InChI is InChI=1S/C11H15NO3/c1-9-4-2-3-5-10(9)8-12-11(14)15-7-6-13/h2-5,13H,6-8H2,1H3,(H,12,14). The van der Waals surface area contributed by atoms with Crippen LogP contribution in [0.25, 0.3) is 0 Å². The maximum Gasteiger partial charge on any atom is 0.407 e. The van der Waals surface area contributed by atoms with Crippen molar-refractivity contribution in [2.75, 3.05) is 13.2 Å². The zero-order valence-electron chi connectivity index (χ0n) is 8.69. The largest absolute Gasteiger partial charge is 0.447 e. The van der Waals surface area contributed by atoms with Crippen LogP contribution in [0.4, 0.5) is 4.79 Å². The SMILES string of the molecule is Cc1ccccc1CNC(=O)OCCO. The molecule has 0 atom stereocenters. The molecule has 0 saturated heterocycles. The number of alkyl carbamates (subject to hydrolysis) is 1. The van der Waals surface area contributed by atoms with Gasteiger partial charge in [0, 0.05) is 6.54 Å². The van der Waals surface area contributed by atoms with Gasteiger partial charge in [0.05, 0.1) is 6.61 Å². The van der Waals surface area contributed by atoms with Crippen molar-refractivity contribution in [3.8, 4) is 0 Å². The van der Waals surface area contributed by atoms with Gasteiger partial charge >= 0.3 is 6.09 Å². The summed E-state index contributed by atoms with van der Waals surface area (Å²) in [5, 5.41) is 11.0. The molecule has 0 radical (unpaired) electrons. The fraction of sp³-hybridized carbons (Fsp3) is 0.364. The number of aliphatic hydroxyl groups excluding tert-OH is 1. The Kier molecular flexibility index (Phi) is 4.63. The summed E-state index contributed by atoms with van der Waals surface area (Å²) in [6, 6.07) is 7.80. The number of carbonyl (C=O) groups is 1. The Balaban J connectivity index is 2.37. The van der Waals surface area contributed by atoms with E-state index in [1.165, 1.54) is 0 Å². The molecule has 0 aromatic heterocycles. The number of aliphatic hydroxyl groups is 1. The second-order valence-corrected chi connectivity index (χ2v) is 3.14. The van der Waals surface area contributed by atoms with E-state index in [-0.39, 0.29) is 13.2 Å². The molecule has 1 aromatic carbocycles. The highest BCUT2D eigenvalue weighted by Crippen LogP contribution is 2.05. The van der Waals surface area contributed by atoms with E-state index in [9.17, 15) is 4.79 Å². The number of hydrogen-bond acceptors (Lipinski definition) is 3. The lowest BCUT2D eigenvalue weighted by atomic mass is 10.1. The third-order valence-electron chi connectivity index (χ3n) is 2.01. The number of aryl methyl sites for hydroxylation is 1. The zero-order chi connectivity index (χ0) is 11.1. The van der Waals surface area contributed by atoms with Crippen molar-refractivity contribution >= 4 is 6.09 Å². The molecule has 82 valence electrons. The van der Waals surface area contributed by atoms with E-state index in [0.717, 1.165) is 11.1 Å². The van der Waals surface area contributed by atoms with Crippen molar-refractivity contribution in [2.45, 2.75) is 13.5 Å². The Bertz CT molecular complexity index is 325. The number of benzene rings is 1. The monoisotopic (exact) mass is 209 g/mol. The predicted octanol–water partition coefficient (Wildman–Crippen LogP) is 1.21. The average molecular weight is 209 g/mol. The molecule has 0 aliphatic carbocycles. The Labute approximate surface area is 88.9 Å². The summed E-state index contributed by atoms with van der Waals surface area (Å²) in [6.07, 6.45) is -0.507. The molecular formula is C11H15NO3. The van der Waals surface area contributed by atoms with Crippen molar-refractivity contribution in [1.29, 1.82) is 0 Å². The smallest absolute Gasteiger partial charge is 0.407 e. The van der Waals surface area contributed by atoms with Gasteiger partial charge in [0.15, 0.2) is 0 Å². The molecule has 2 N–H and O–H groups in total. The van der Waals surface area contributed by atoms with E-state index >= 15 is 0 Å². The summed E-state index contributed by atoms with van der Waals surface area (Å²) < 4.78 is 4.65. The molecule has 0 unspecified atom stereocenters. The van der Waals surface area contributed by atoms with Gasteiger partial charge in [-0.1, -0.05) is 24.3 Å². The van der Waals surface area contributed by atoms with Gasteiger partial charge in [-0.2, -0.15) is 0 Å². The molecule has 0 saturated carbocycles. The highest BCUT2D eigenvalue weighted by Gasteiger charge is 2.02. The van der Waals surface area contributed by atoms with Crippen LogP contribution in [0.2, 0.25) is 0 Å². The van der Waals surface area contributed by atoms with Crippen LogP contribution in [0, 0.1) is 6.92 Å². The first-order chi connectivity index (χ1) is 7.24. The van der Waals surface area contributed by atoms with Crippen molar-refractivity contribution in [1.82, 2.24) is 5.32 Å². The lowest BCUT2D eigenvalue weighted by Gasteiger charge is -2.07. The summed E-state index contributed by atoms with van der Waals surface area (Å²) in [7, 11) is 0. The van der Waals surface area contributed by atoms with Crippen LogP contribution in [0.15, 0.2) is 24.3 Å². The second-order valence-electron chi connectivity index (χ2n) is 3.14. The average Bonchev–Trinajstić information content (AvgIpc) is 2.25. The lowest BCUT2D eigenvalue weighted by Crippen LogP contribution is -2.25. The summed E-state index contributed by atoms with van der Waals surface area (Å²) >= 11 is 0. The minimum Gasteiger partial charge on any atom is -0.447 e. The summed E-state index contributed by atoms with van der Waals surface area (Å²) in [5.74, 6) is 0. The Morgan fingerprint density at radius 3 is 2.87 bits per heavy atom. The van der Waals surface area contributed by atoms with E-state index in [0.29, 0.717) is 6.54 Å². The van der Waals surface area contributed by atoms with Crippen LogP contribution in [0.5, 0.6) is 0 Å². The predicted molar refractivity (Wildman–Crippen MR) is 56.5 cm³/mol. The van der Waals surface area contributed by atoms with Crippen molar-refractivity contribution in [3.05, 3.63) is 35.4 Å². The number of ether oxygens (including phenoxy) is 1. The molecule has 4 heteroatoms. The third-order valence-corrected chi connectivity index (χ3v) is 2.01. The lowest BCUT2D eigenvalue weighted by molar-refractivity contribution is 0.119. The highest BCUT2D eigenvalue weighted by molar-refractivity contribution is 5.67. The van der Waals surface area contributed by atoms with Crippen molar-refractivity contribution in [2.24, 2.45) is 0 Å². The van der Waals surface area contributed by atoms with E-state index in [2.05, 4.69) is 10.1 Å². The van der Waals surface area contributed by atoms with Gasteiger partial charge < -0.3 is 15.2 Å². The fourth-order valence-corrected chi connectivity index (χ4v) is 1.17. The van der Waals surface area contributed by atoms with Gasteiger partial charge in [-0.15, -0.1) is 0 Å². The van der Waals surface area contributed by atoms with Crippen LogP contribution in [-0.4, -0.2) is 24.4 Å². The Morgan fingerprint density at radius 1 is 1.47 bits per heavy atom. The Hall–Kier alpha value is -1.55. The number of hydrogen-bond donors (Lipinski definition) is 2. The van der Waals surface area contributed by atoms with E-state index in [1.807, 2.05) is 31.2 Å². The van der Waals surface area contributed by atoms with Gasteiger partial charge in [0.25, 0.3) is 0 Å². The molecule has 1 rings (SSSR count). The van der Waals surface area contributed by atoms with Gasteiger partial charge in [-0.3, -0.25) is 0 Å². The van der Waals surface area contributed by atoms with Gasteiger partial charge in [0.1, 0.15) is 6.61 Å². The summed E-state index contributed by atoms with van der Waals surface area (Å²) in [4.78, 5) is 11.0.